The van der Waals surface area contributed by atoms with E-state index in [9.17, 15) is 18.4 Å². The van der Waals surface area contributed by atoms with Gasteiger partial charge < -0.3 is 5.21 Å². The largest absolute Gasteiger partial charge is 0.594 e. The van der Waals surface area contributed by atoms with Crippen molar-refractivity contribution in [2.45, 2.75) is 4.90 Å². The van der Waals surface area contributed by atoms with Gasteiger partial charge in [-0.05, 0) is 12.1 Å². The highest BCUT2D eigenvalue weighted by Crippen LogP contribution is 2.15. The van der Waals surface area contributed by atoms with E-state index >= 15 is 0 Å². The number of nitrogens with one attached hydrogen (secondary N) is 1. The molecular formula is C9H10N4O4S. The molecule has 2 rings (SSSR count). The van der Waals surface area contributed by atoms with Gasteiger partial charge in [-0.2, -0.15) is 4.72 Å². The number of hydrogen-bond donors (Lipinski definition) is 1. The van der Waals surface area contributed by atoms with Gasteiger partial charge in [-0.3, -0.25) is 0 Å². The number of hydrogen-bond acceptors (Lipinski definition) is 6. The van der Waals surface area contributed by atoms with Gasteiger partial charge in [0, 0.05) is 5.22 Å². The fourth-order valence-electron chi connectivity index (χ4n) is 1.36. The third-order valence-corrected chi connectivity index (χ3v) is 3.64. The minimum absolute atomic E-state index is 0.0962. The van der Waals surface area contributed by atoms with E-state index in [4.69, 9.17) is 0 Å². The summed E-state index contributed by atoms with van der Waals surface area (Å²) in [5.74, 6) is 0. The maximum absolute atomic E-state index is 11.8. The normalized spacial score (nSPS) is 22.9. The van der Waals surface area contributed by atoms with Gasteiger partial charge in [0.25, 0.3) is 10.0 Å². The van der Waals surface area contributed by atoms with Crippen molar-refractivity contribution in [3.63, 3.8) is 0 Å². The topological polar surface area (TPSA) is 111 Å². The van der Waals surface area contributed by atoms with Gasteiger partial charge in [-0.1, -0.05) is 18.2 Å². The summed E-state index contributed by atoms with van der Waals surface area (Å²) in [6, 6.07) is 6.02. The molecule has 0 saturated carbocycles. The highest BCUT2D eigenvalue weighted by molar-refractivity contribution is 7.90. The summed E-state index contributed by atoms with van der Waals surface area (Å²) in [5, 5.41) is 18.3. The van der Waals surface area contributed by atoms with E-state index in [0.29, 0.717) is 0 Å². The monoisotopic (exact) mass is 270 g/mol. The molecule has 1 N–H and O–H groups in total. The summed E-state index contributed by atoms with van der Waals surface area (Å²) in [6.45, 7) is -0.0988. The SMILES string of the molecule is O=C(NS(=O)(=O)c1ccccc1)[N+]1([O-])CCN=N1. The Bertz CT molecular complexity index is 586. The summed E-state index contributed by atoms with van der Waals surface area (Å²) >= 11 is 0. The van der Waals surface area contributed by atoms with Crippen molar-refractivity contribution in [2.24, 2.45) is 10.3 Å². The van der Waals surface area contributed by atoms with Crippen LogP contribution in [-0.4, -0.2) is 32.3 Å². The molecule has 1 aromatic rings. The van der Waals surface area contributed by atoms with E-state index in [0.717, 1.165) is 0 Å². The number of sulfonamides is 1. The van der Waals surface area contributed by atoms with Crippen molar-refractivity contribution >= 4 is 16.1 Å². The van der Waals surface area contributed by atoms with Gasteiger partial charge in [0.1, 0.15) is 13.1 Å². The number of rotatable bonds is 2. The molecule has 0 aliphatic carbocycles. The molecule has 1 aliphatic heterocycles. The zero-order chi connectivity index (χ0) is 13.2. The maximum Gasteiger partial charge on any atom is 0.458 e. The molecular weight excluding hydrogens is 260 g/mol. The number of carbonyl (C=O) groups is 1. The maximum atomic E-state index is 11.8. The number of benzene rings is 1. The van der Waals surface area contributed by atoms with Crippen molar-refractivity contribution in [3.05, 3.63) is 35.5 Å². The molecule has 0 radical (unpaired) electrons. The third-order valence-electron chi connectivity index (χ3n) is 2.30. The first-order valence-corrected chi connectivity index (χ1v) is 6.53. The lowest BCUT2D eigenvalue weighted by Gasteiger charge is -2.25. The van der Waals surface area contributed by atoms with Gasteiger partial charge in [0.2, 0.25) is 0 Å². The van der Waals surface area contributed by atoms with Crippen LogP contribution in [0.4, 0.5) is 4.79 Å². The number of quaternary nitrogens is 1. The average Bonchev–Trinajstić information content (AvgIpc) is 2.78. The standard InChI is InChI=1S/C9H10N4O4S/c14-9(13(15)7-6-10-12-13)11-18(16,17)8-4-2-1-3-5-8/h1-5H,6-7H2,(H,11,14). The Hall–Kier alpha value is -1.84. The molecule has 0 spiro atoms. The Labute approximate surface area is 103 Å². The Morgan fingerprint density at radius 3 is 2.56 bits per heavy atom. The number of amides is 2. The molecule has 9 heteroatoms. The van der Waals surface area contributed by atoms with E-state index in [1.165, 1.54) is 24.3 Å². The highest BCUT2D eigenvalue weighted by atomic mass is 32.2. The zero-order valence-electron chi connectivity index (χ0n) is 9.18. The van der Waals surface area contributed by atoms with Crippen LogP contribution in [-0.2, 0) is 10.0 Å². The minimum Gasteiger partial charge on any atom is -0.594 e. The van der Waals surface area contributed by atoms with Crippen LogP contribution in [0, 0.1) is 5.21 Å². The van der Waals surface area contributed by atoms with Crippen LogP contribution in [0.5, 0.6) is 0 Å². The molecule has 2 amide bonds. The third kappa shape index (κ3) is 2.37. The van der Waals surface area contributed by atoms with Gasteiger partial charge in [-0.25, -0.2) is 13.2 Å². The van der Waals surface area contributed by atoms with Crippen molar-refractivity contribution in [1.82, 2.24) is 4.72 Å². The second-order valence-electron chi connectivity index (χ2n) is 3.60. The van der Waals surface area contributed by atoms with Crippen molar-refractivity contribution in [2.75, 3.05) is 13.1 Å². The van der Waals surface area contributed by atoms with E-state index < -0.39 is 20.8 Å². The molecule has 0 bridgehead atoms. The average molecular weight is 270 g/mol. The van der Waals surface area contributed by atoms with E-state index in [1.54, 1.807) is 10.8 Å². The smallest absolute Gasteiger partial charge is 0.458 e. The Morgan fingerprint density at radius 2 is 2.00 bits per heavy atom. The predicted molar refractivity (Wildman–Crippen MR) is 60.4 cm³/mol. The molecule has 96 valence electrons. The van der Waals surface area contributed by atoms with E-state index in [2.05, 4.69) is 10.3 Å². The molecule has 1 aliphatic rings. The van der Waals surface area contributed by atoms with Crippen LogP contribution in [0.15, 0.2) is 45.6 Å². The summed E-state index contributed by atoms with van der Waals surface area (Å²) in [4.78, 5) is 11.5. The fraction of sp³-hybridized carbons (Fsp3) is 0.222. The van der Waals surface area contributed by atoms with E-state index in [-0.39, 0.29) is 18.0 Å². The molecule has 1 heterocycles. The van der Waals surface area contributed by atoms with Crippen LogP contribution in [0.1, 0.15) is 0 Å². The summed E-state index contributed by atoms with van der Waals surface area (Å²) < 4.78 is 23.6. The molecule has 1 atom stereocenters. The lowest BCUT2D eigenvalue weighted by Crippen LogP contribution is -2.50. The van der Waals surface area contributed by atoms with Crippen molar-refractivity contribution in [3.8, 4) is 0 Å². The quantitative estimate of drug-likeness (QED) is 0.632. The fourth-order valence-corrected chi connectivity index (χ4v) is 2.36. The zero-order valence-corrected chi connectivity index (χ0v) is 10.0. The lowest BCUT2D eigenvalue weighted by molar-refractivity contribution is -0.799. The lowest BCUT2D eigenvalue weighted by atomic mass is 10.4. The Morgan fingerprint density at radius 1 is 1.33 bits per heavy atom. The molecule has 18 heavy (non-hydrogen) atoms. The summed E-state index contributed by atoms with van der Waals surface area (Å²) in [6.07, 6.45) is 0. The van der Waals surface area contributed by atoms with Crippen LogP contribution < -0.4 is 4.72 Å². The molecule has 0 aromatic heterocycles. The van der Waals surface area contributed by atoms with Crippen LogP contribution in [0.2, 0.25) is 0 Å². The van der Waals surface area contributed by atoms with Crippen LogP contribution in [0.25, 0.3) is 0 Å². The Balaban J connectivity index is 2.19. The number of nitrogens with zero attached hydrogens (tertiary/aromatic N) is 3. The molecule has 0 fully saturated rings. The molecule has 1 unspecified atom stereocenters. The van der Waals surface area contributed by atoms with Gasteiger partial charge in [-0.15, -0.1) is 9.87 Å². The molecule has 0 saturated heterocycles. The molecule has 8 nitrogen and oxygen atoms in total. The first-order valence-electron chi connectivity index (χ1n) is 5.05. The minimum atomic E-state index is -4.05. The second kappa shape index (κ2) is 4.44. The van der Waals surface area contributed by atoms with Gasteiger partial charge in [0.15, 0.2) is 0 Å². The van der Waals surface area contributed by atoms with E-state index in [1.807, 2.05) is 0 Å². The Kier molecular flexibility index (Phi) is 3.11. The first-order chi connectivity index (χ1) is 8.44. The van der Waals surface area contributed by atoms with Crippen molar-refractivity contribution in [1.29, 1.82) is 0 Å². The van der Waals surface area contributed by atoms with Gasteiger partial charge in [0.05, 0.1) is 4.90 Å². The number of hydroxylamine groups is 2. The summed E-state index contributed by atoms with van der Waals surface area (Å²) in [7, 11) is -4.05. The highest BCUT2D eigenvalue weighted by Gasteiger charge is 2.35. The second-order valence-corrected chi connectivity index (χ2v) is 5.29. The van der Waals surface area contributed by atoms with Gasteiger partial charge >= 0.3 is 6.03 Å². The number of carbonyl (C=O) groups excluding carboxylic acids is 1. The molecule has 1 aromatic carbocycles. The summed E-state index contributed by atoms with van der Waals surface area (Å²) in [5.41, 5.74) is 0. The van der Waals surface area contributed by atoms with Crippen molar-refractivity contribution < 1.29 is 18.0 Å². The van der Waals surface area contributed by atoms with Crippen LogP contribution >= 0.6 is 0 Å². The number of urea groups is 1. The van der Waals surface area contributed by atoms with Crippen LogP contribution in [0.3, 0.4) is 0 Å². The predicted octanol–water partition coefficient (Wildman–Crippen LogP) is 0.780. The first kappa shape index (κ1) is 12.6.